The lowest BCUT2D eigenvalue weighted by atomic mass is 10.00. The fourth-order valence-corrected chi connectivity index (χ4v) is 4.83. The Bertz CT molecular complexity index is 1550. The summed E-state index contributed by atoms with van der Waals surface area (Å²) < 4.78 is 82.4. The number of aromatic nitrogens is 2. The van der Waals surface area contributed by atoms with Crippen molar-refractivity contribution in [3.05, 3.63) is 83.2 Å². The molecule has 2 N–H and O–H groups in total. The Morgan fingerprint density at radius 3 is 2.49 bits per heavy atom. The van der Waals surface area contributed by atoms with Crippen molar-refractivity contribution in [2.75, 3.05) is 10.5 Å². The molecule has 0 aliphatic rings. The molecule has 0 fully saturated rings. The van der Waals surface area contributed by atoms with Gasteiger partial charge in [0.05, 0.1) is 17.0 Å². The molecule has 0 atom stereocenters. The van der Waals surface area contributed by atoms with Crippen molar-refractivity contribution in [1.82, 2.24) is 9.97 Å². The highest BCUT2D eigenvalue weighted by molar-refractivity contribution is 7.92. The minimum atomic E-state index is -3.86. The summed E-state index contributed by atoms with van der Waals surface area (Å²) in [7, 11) is -3.86. The molecule has 2 aromatic heterocycles. The van der Waals surface area contributed by atoms with E-state index >= 15 is 0 Å². The molecule has 0 bridgehead atoms. The highest BCUT2D eigenvalue weighted by Gasteiger charge is 2.23. The highest BCUT2D eigenvalue weighted by atomic mass is 32.2. The van der Waals surface area contributed by atoms with Crippen molar-refractivity contribution >= 4 is 32.5 Å². The van der Waals surface area contributed by atoms with Crippen molar-refractivity contribution in [2.24, 2.45) is 0 Å². The van der Waals surface area contributed by atoms with Crippen molar-refractivity contribution in [3.8, 4) is 11.1 Å². The van der Waals surface area contributed by atoms with Crippen LogP contribution in [0.15, 0.2) is 48.8 Å². The third kappa shape index (κ3) is 5.04. The predicted molar refractivity (Wildman–Crippen MR) is 124 cm³/mol. The lowest BCUT2D eigenvalue weighted by molar-refractivity contribution is 0.0985. The Labute approximate surface area is 198 Å². The third-order valence-electron chi connectivity index (χ3n) is 5.29. The first-order valence-corrected chi connectivity index (χ1v) is 12.2. The Balaban J connectivity index is 1.66. The summed E-state index contributed by atoms with van der Waals surface area (Å²) in [5.41, 5.74) is 0.169. The number of hydrogen-bond donors (Lipinski definition) is 2. The molecule has 0 spiro atoms. The second kappa shape index (κ2) is 9.49. The molecular formula is C24H19F4N3O3S. The van der Waals surface area contributed by atoms with Crippen molar-refractivity contribution in [3.63, 3.8) is 0 Å². The van der Waals surface area contributed by atoms with Gasteiger partial charge >= 0.3 is 0 Å². The highest BCUT2D eigenvalue weighted by Crippen LogP contribution is 2.30. The van der Waals surface area contributed by atoms with Gasteiger partial charge in [-0.1, -0.05) is 13.0 Å². The van der Waals surface area contributed by atoms with E-state index in [0.717, 1.165) is 24.3 Å². The Morgan fingerprint density at radius 1 is 1.03 bits per heavy atom. The van der Waals surface area contributed by atoms with Gasteiger partial charge in [-0.3, -0.25) is 9.52 Å². The van der Waals surface area contributed by atoms with Crippen LogP contribution in [0.25, 0.3) is 22.2 Å². The Kier molecular flexibility index (Phi) is 6.62. The van der Waals surface area contributed by atoms with E-state index in [9.17, 15) is 30.8 Å². The molecule has 4 aromatic rings. The number of sulfonamides is 1. The van der Waals surface area contributed by atoms with Crippen LogP contribution < -0.4 is 4.72 Å². The first-order chi connectivity index (χ1) is 16.6. The van der Waals surface area contributed by atoms with Crippen molar-refractivity contribution < 1.29 is 30.8 Å². The molecule has 0 saturated carbocycles. The summed E-state index contributed by atoms with van der Waals surface area (Å²) in [4.78, 5) is 19.9. The number of halogens is 4. The number of hydrogen-bond acceptors (Lipinski definition) is 4. The van der Waals surface area contributed by atoms with Crippen LogP contribution in [-0.2, 0) is 16.4 Å². The van der Waals surface area contributed by atoms with E-state index in [-0.39, 0.29) is 12.2 Å². The lowest BCUT2D eigenvalue weighted by Crippen LogP contribution is -2.19. The monoisotopic (exact) mass is 505 g/mol. The van der Waals surface area contributed by atoms with E-state index in [4.69, 9.17) is 0 Å². The maximum absolute atomic E-state index is 14.9. The van der Waals surface area contributed by atoms with Gasteiger partial charge in [-0.25, -0.2) is 31.0 Å². The summed E-state index contributed by atoms with van der Waals surface area (Å²) in [5.74, 6) is -5.67. The number of benzene rings is 2. The number of nitrogens with one attached hydrogen (secondary N) is 2. The van der Waals surface area contributed by atoms with Crippen LogP contribution in [0.4, 0.5) is 23.2 Å². The normalized spacial score (nSPS) is 11.7. The molecule has 0 unspecified atom stereocenters. The van der Waals surface area contributed by atoms with E-state index in [0.29, 0.717) is 27.7 Å². The SMILES string of the molecule is CCCS(=O)(=O)Nc1ccc(F)c(C(=O)Cc2cnc3[nH]cc(-c4ccc(F)c(F)c4)c3c2)c1F. The second-order valence-electron chi connectivity index (χ2n) is 7.88. The maximum atomic E-state index is 14.9. The molecule has 0 radical (unpaired) electrons. The van der Waals surface area contributed by atoms with Gasteiger partial charge in [-0.2, -0.15) is 0 Å². The number of pyridine rings is 1. The number of carbonyl (C=O) groups is 1. The zero-order valence-corrected chi connectivity index (χ0v) is 19.1. The molecule has 35 heavy (non-hydrogen) atoms. The van der Waals surface area contributed by atoms with Crippen LogP contribution >= 0.6 is 0 Å². The minimum Gasteiger partial charge on any atom is -0.346 e. The Hall–Kier alpha value is -3.73. The van der Waals surface area contributed by atoms with E-state index in [2.05, 4.69) is 9.97 Å². The van der Waals surface area contributed by atoms with Gasteiger partial charge in [-0.15, -0.1) is 0 Å². The average Bonchev–Trinajstić information content (AvgIpc) is 3.21. The first-order valence-electron chi connectivity index (χ1n) is 10.5. The van der Waals surface area contributed by atoms with Crippen molar-refractivity contribution in [2.45, 2.75) is 19.8 Å². The number of Topliss-reactive ketones (excluding diaryl/α,β-unsaturated/α-hetero) is 1. The zero-order valence-electron chi connectivity index (χ0n) is 18.3. The summed E-state index contributed by atoms with van der Waals surface area (Å²) >= 11 is 0. The zero-order chi connectivity index (χ0) is 25.3. The quantitative estimate of drug-likeness (QED) is 0.249. The molecule has 182 valence electrons. The molecule has 2 heterocycles. The van der Waals surface area contributed by atoms with Crippen LogP contribution in [0.5, 0.6) is 0 Å². The summed E-state index contributed by atoms with van der Waals surface area (Å²) in [5, 5.41) is 0.489. The van der Waals surface area contributed by atoms with E-state index in [1.165, 1.54) is 12.3 Å². The van der Waals surface area contributed by atoms with E-state index in [1.807, 2.05) is 4.72 Å². The van der Waals surface area contributed by atoms with Gasteiger partial charge in [0, 0.05) is 29.8 Å². The van der Waals surface area contributed by atoms with Gasteiger partial charge in [-0.05, 0) is 47.9 Å². The van der Waals surface area contributed by atoms with Crippen LogP contribution in [-0.4, -0.2) is 29.9 Å². The van der Waals surface area contributed by atoms with Crippen LogP contribution in [0.3, 0.4) is 0 Å². The number of anilines is 1. The number of aromatic amines is 1. The molecule has 0 aliphatic heterocycles. The summed E-state index contributed by atoms with van der Waals surface area (Å²) in [6, 6.07) is 6.67. The van der Waals surface area contributed by atoms with Gasteiger partial charge in [0.25, 0.3) is 0 Å². The second-order valence-corrected chi connectivity index (χ2v) is 9.72. The van der Waals surface area contributed by atoms with Crippen molar-refractivity contribution in [1.29, 1.82) is 0 Å². The number of nitrogens with zero attached hydrogens (tertiary/aromatic N) is 1. The molecule has 6 nitrogen and oxygen atoms in total. The number of ketones is 1. The van der Waals surface area contributed by atoms with E-state index < -0.39 is 56.7 Å². The maximum Gasteiger partial charge on any atom is 0.232 e. The van der Waals surface area contributed by atoms with Gasteiger partial charge < -0.3 is 4.98 Å². The third-order valence-corrected chi connectivity index (χ3v) is 6.77. The van der Waals surface area contributed by atoms with Gasteiger partial charge in [0.15, 0.2) is 23.2 Å². The summed E-state index contributed by atoms with van der Waals surface area (Å²) in [6.07, 6.45) is 2.73. The topological polar surface area (TPSA) is 91.9 Å². The number of fused-ring (bicyclic) bond motifs is 1. The van der Waals surface area contributed by atoms with Gasteiger partial charge in [0.2, 0.25) is 10.0 Å². The predicted octanol–water partition coefficient (Wildman–Crippen LogP) is 5.36. The lowest BCUT2D eigenvalue weighted by Gasteiger charge is -2.11. The van der Waals surface area contributed by atoms with Gasteiger partial charge in [0.1, 0.15) is 11.5 Å². The number of carbonyl (C=O) groups excluding carboxylic acids is 1. The van der Waals surface area contributed by atoms with Crippen LogP contribution in [0, 0.1) is 23.3 Å². The molecule has 0 amide bonds. The molecule has 0 saturated heterocycles. The largest absolute Gasteiger partial charge is 0.346 e. The molecular weight excluding hydrogens is 486 g/mol. The molecule has 4 rings (SSSR count). The van der Waals surface area contributed by atoms with Crippen LogP contribution in [0.1, 0.15) is 29.3 Å². The number of H-pyrrole nitrogens is 1. The molecule has 11 heteroatoms. The van der Waals surface area contributed by atoms with Crippen LogP contribution in [0.2, 0.25) is 0 Å². The fraction of sp³-hybridized carbons (Fsp3) is 0.167. The smallest absolute Gasteiger partial charge is 0.232 e. The fourth-order valence-electron chi connectivity index (χ4n) is 3.69. The molecule has 0 aliphatic carbocycles. The summed E-state index contributed by atoms with van der Waals surface area (Å²) in [6.45, 7) is 1.63. The Morgan fingerprint density at radius 2 is 1.77 bits per heavy atom. The minimum absolute atomic E-state index is 0.268. The van der Waals surface area contributed by atoms with E-state index in [1.54, 1.807) is 19.2 Å². The standard InChI is InChI=1S/C24H19F4N3O3S/c1-2-7-35(33,34)31-20-6-5-18(26)22(23(20)28)21(32)9-13-8-15-16(12-30-24(15)29-11-13)14-3-4-17(25)19(27)10-14/h3-6,8,10-12,31H,2,7,9H2,1H3,(H,29,30). The number of rotatable bonds is 8. The first kappa shape index (κ1) is 24.4. The molecule has 2 aromatic carbocycles. The average molecular weight is 505 g/mol.